The van der Waals surface area contributed by atoms with Gasteiger partial charge in [0.05, 0.1) is 12.3 Å². The van der Waals surface area contributed by atoms with Gasteiger partial charge in [0.1, 0.15) is 10.9 Å². The highest BCUT2D eigenvalue weighted by molar-refractivity contribution is 7.90. The summed E-state index contributed by atoms with van der Waals surface area (Å²) in [6.45, 7) is 8.03. The number of ether oxygens (including phenoxy) is 1. The van der Waals surface area contributed by atoms with Gasteiger partial charge in [-0.05, 0) is 46.1 Å². The minimum absolute atomic E-state index is 0.154. The van der Waals surface area contributed by atoms with Crippen molar-refractivity contribution in [2.24, 2.45) is 0 Å². The lowest BCUT2D eigenvalue weighted by Crippen LogP contribution is -2.49. The molecule has 3 atom stereocenters. The molecule has 0 radical (unpaired) electrons. The lowest BCUT2D eigenvalue weighted by Gasteiger charge is -2.32. The average molecular weight is 245 g/mol. The monoisotopic (exact) mass is 245 g/mol. The van der Waals surface area contributed by atoms with Crippen molar-refractivity contribution in [3.8, 4) is 0 Å². The summed E-state index contributed by atoms with van der Waals surface area (Å²) in [6.07, 6.45) is 6.93. The molecule has 0 aromatic rings. The minimum atomic E-state index is -1.02. The van der Waals surface area contributed by atoms with Crippen molar-refractivity contribution in [2.75, 3.05) is 0 Å². The van der Waals surface area contributed by atoms with Gasteiger partial charge in [-0.15, -0.1) is 4.72 Å². The van der Waals surface area contributed by atoms with Crippen LogP contribution >= 0.6 is 0 Å². The van der Waals surface area contributed by atoms with Gasteiger partial charge in [-0.2, -0.15) is 0 Å². The quantitative estimate of drug-likeness (QED) is 0.774. The first kappa shape index (κ1) is 13.9. The minimum Gasteiger partial charge on any atom is -0.598 e. The highest BCUT2D eigenvalue weighted by Crippen LogP contribution is 2.20. The van der Waals surface area contributed by atoms with Crippen LogP contribution in [0.25, 0.3) is 0 Å². The van der Waals surface area contributed by atoms with E-state index in [0.29, 0.717) is 0 Å². The Balaban J connectivity index is 2.51. The van der Waals surface area contributed by atoms with Crippen molar-refractivity contribution < 1.29 is 9.29 Å². The van der Waals surface area contributed by atoms with Crippen LogP contribution in [0.1, 0.15) is 47.0 Å². The van der Waals surface area contributed by atoms with Crippen LogP contribution in [0.3, 0.4) is 0 Å². The molecule has 0 aromatic carbocycles. The first-order chi connectivity index (χ1) is 7.45. The molecule has 0 fully saturated rings. The number of nitrogens with one attached hydrogen (secondary N) is 1. The van der Waals surface area contributed by atoms with E-state index < -0.39 is 11.4 Å². The number of allylic oxidation sites excluding steroid dienone is 1. The van der Waals surface area contributed by atoms with Gasteiger partial charge >= 0.3 is 0 Å². The van der Waals surface area contributed by atoms with E-state index in [9.17, 15) is 4.55 Å². The summed E-state index contributed by atoms with van der Waals surface area (Å²) in [5.41, 5.74) is 0. The standard InChI is InChI=1S/C12H23NO2S/c1-5-10(11-8-6-7-9-15-11)13-16(14)12(2,3)4/h7,9-11,13H,5-6,8H2,1-4H3/t10-,11-,16-/m0/s1. The molecule has 1 rings (SSSR count). The summed E-state index contributed by atoms with van der Waals surface area (Å²) in [6, 6.07) is 0.171. The van der Waals surface area contributed by atoms with Crippen LogP contribution in [-0.2, 0) is 16.1 Å². The molecule has 0 amide bonds. The highest BCUT2D eigenvalue weighted by atomic mass is 32.2. The van der Waals surface area contributed by atoms with Crippen LogP contribution < -0.4 is 4.72 Å². The number of hydrogen-bond acceptors (Lipinski definition) is 3. The van der Waals surface area contributed by atoms with Gasteiger partial charge in [0.15, 0.2) is 0 Å². The molecule has 0 aliphatic carbocycles. The first-order valence-corrected chi connectivity index (χ1v) is 7.08. The normalized spacial score (nSPS) is 24.9. The molecule has 94 valence electrons. The second-order valence-electron chi connectivity index (χ2n) is 5.14. The van der Waals surface area contributed by atoms with Gasteiger partial charge in [-0.3, -0.25) is 0 Å². The van der Waals surface area contributed by atoms with E-state index in [4.69, 9.17) is 4.74 Å². The maximum Gasteiger partial charge on any atom is 0.136 e. The van der Waals surface area contributed by atoms with Gasteiger partial charge in [-0.1, -0.05) is 6.92 Å². The molecule has 1 N–H and O–H groups in total. The Morgan fingerprint density at radius 2 is 2.25 bits per heavy atom. The van der Waals surface area contributed by atoms with Crippen LogP contribution in [0, 0.1) is 0 Å². The average Bonchev–Trinajstić information content (AvgIpc) is 2.25. The van der Waals surface area contributed by atoms with E-state index in [2.05, 4.69) is 11.6 Å². The van der Waals surface area contributed by atoms with Crippen LogP contribution in [0.5, 0.6) is 0 Å². The second kappa shape index (κ2) is 5.94. The lowest BCUT2D eigenvalue weighted by molar-refractivity contribution is 0.0919. The number of hydrogen-bond donors (Lipinski definition) is 1. The molecular weight excluding hydrogens is 222 g/mol. The zero-order valence-electron chi connectivity index (χ0n) is 10.7. The molecule has 0 unspecified atom stereocenters. The Kier molecular flexibility index (Phi) is 5.15. The van der Waals surface area contributed by atoms with Gasteiger partial charge in [0.25, 0.3) is 0 Å². The molecule has 4 heteroatoms. The molecule has 0 bridgehead atoms. The van der Waals surface area contributed by atoms with E-state index in [1.807, 2.05) is 26.8 Å². The van der Waals surface area contributed by atoms with Crippen molar-refractivity contribution in [3.05, 3.63) is 12.3 Å². The Morgan fingerprint density at radius 1 is 1.56 bits per heavy atom. The van der Waals surface area contributed by atoms with Crippen molar-refractivity contribution >= 4 is 11.4 Å². The Bertz CT molecular complexity index is 238. The molecule has 0 spiro atoms. The van der Waals surface area contributed by atoms with E-state index in [-0.39, 0.29) is 16.9 Å². The Labute approximate surface area is 102 Å². The second-order valence-corrected chi connectivity index (χ2v) is 7.14. The topological polar surface area (TPSA) is 44.3 Å². The van der Waals surface area contributed by atoms with E-state index in [1.54, 1.807) is 6.26 Å². The van der Waals surface area contributed by atoms with Crippen molar-refractivity contribution in [1.29, 1.82) is 0 Å². The Hall–Kier alpha value is -0.190. The van der Waals surface area contributed by atoms with Crippen molar-refractivity contribution in [3.63, 3.8) is 0 Å². The smallest absolute Gasteiger partial charge is 0.136 e. The van der Waals surface area contributed by atoms with Gasteiger partial charge < -0.3 is 9.29 Å². The zero-order chi connectivity index (χ0) is 12.2. The van der Waals surface area contributed by atoms with Crippen LogP contribution in [0.2, 0.25) is 0 Å². The van der Waals surface area contributed by atoms with E-state index in [1.165, 1.54) is 0 Å². The summed E-state index contributed by atoms with van der Waals surface area (Å²) in [5, 5.41) is 0. The molecule has 0 saturated heterocycles. The van der Waals surface area contributed by atoms with Gasteiger partial charge in [0.2, 0.25) is 0 Å². The van der Waals surface area contributed by atoms with Crippen molar-refractivity contribution in [2.45, 2.75) is 63.9 Å². The van der Waals surface area contributed by atoms with Crippen LogP contribution in [0.15, 0.2) is 12.3 Å². The fourth-order valence-electron chi connectivity index (χ4n) is 1.59. The van der Waals surface area contributed by atoms with Crippen LogP contribution in [0.4, 0.5) is 0 Å². The lowest BCUT2D eigenvalue weighted by atomic mass is 10.0. The molecule has 1 aliphatic rings. The largest absolute Gasteiger partial charge is 0.598 e. The van der Waals surface area contributed by atoms with E-state index >= 15 is 0 Å². The summed E-state index contributed by atoms with van der Waals surface area (Å²) >= 11 is -1.02. The third kappa shape index (κ3) is 4.00. The molecule has 1 aliphatic heterocycles. The summed E-state index contributed by atoms with van der Waals surface area (Å²) < 4.78 is 20.5. The molecular formula is C12H23NO2S. The maximum absolute atomic E-state index is 12.0. The summed E-state index contributed by atoms with van der Waals surface area (Å²) in [7, 11) is 0. The fourth-order valence-corrected chi connectivity index (χ4v) is 2.53. The molecule has 1 heterocycles. The molecule has 3 nitrogen and oxygen atoms in total. The third-order valence-corrected chi connectivity index (χ3v) is 4.30. The Morgan fingerprint density at radius 3 is 2.69 bits per heavy atom. The predicted octanol–water partition coefficient (Wildman–Crippen LogP) is 2.51. The fraction of sp³-hybridized carbons (Fsp3) is 0.833. The van der Waals surface area contributed by atoms with Gasteiger partial charge in [-0.25, -0.2) is 0 Å². The van der Waals surface area contributed by atoms with E-state index in [0.717, 1.165) is 19.3 Å². The predicted molar refractivity (Wildman–Crippen MR) is 68.4 cm³/mol. The molecule has 0 aromatic heterocycles. The van der Waals surface area contributed by atoms with Gasteiger partial charge in [0, 0.05) is 11.4 Å². The zero-order valence-corrected chi connectivity index (χ0v) is 11.5. The highest BCUT2D eigenvalue weighted by Gasteiger charge is 2.32. The molecule has 0 saturated carbocycles. The van der Waals surface area contributed by atoms with Crippen molar-refractivity contribution in [1.82, 2.24) is 4.72 Å². The number of rotatable bonds is 4. The van der Waals surface area contributed by atoms with Crippen LogP contribution in [-0.4, -0.2) is 21.4 Å². The first-order valence-electron chi connectivity index (χ1n) is 5.93. The summed E-state index contributed by atoms with van der Waals surface area (Å²) in [5.74, 6) is 0. The third-order valence-electron chi connectivity index (χ3n) is 2.67. The molecule has 16 heavy (non-hydrogen) atoms. The maximum atomic E-state index is 12.0. The SMILES string of the molecule is CC[C@H](N[S@@+]([O-])C(C)(C)C)[C@@H]1CCC=CO1. The summed E-state index contributed by atoms with van der Waals surface area (Å²) in [4.78, 5) is 0.